The molecule has 1 amide bonds. The molecular formula is C17H13N3O2. The van der Waals surface area contributed by atoms with E-state index in [9.17, 15) is 9.90 Å². The van der Waals surface area contributed by atoms with Crippen LogP contribution in [0.15, 0.2) is 65.9 Å². The van der Waals surface area contributed by atoms with E-state index in [-0.39, 0.29) is 11.4 Å². The normalized spacial score (nSPS) is 10.9. The lowest BCUT2D eigenvalue weighted by molar-refractivity contribution is 0.0950. The van der Waals surface area contributed by atoms with Crippen molar-refractivity contribution in [2.24, 2.45) is 5.10 Å². The van der Waals surface area contributed by atoms with E-state index in [1.807, 2.05) is 30.3 Å². The maximum Gasteiger partial charge on any atom is 0.289 e. The molecule has 0 spiro atoms. The summed E-state index contributed by atoms with van der Waals surface area (Å²) in [6.45, 7) is 0. The highest BCUT2D eigenvalue weighted by molar-refractivity contribution is 5.98. The van der Waals surface area contributed by atoms with Crippen LogP contribution in [0.2, 0.25) is 0 Å². The second-order valence-electron chi connectivity index (χ2n) is 4.64. The van der Waals surface area contributed by atoms with Gasteiger partial charge in [-0.15, -0.1) is 0 Å². The fourth-order valence-corrected chi connectivity index (χ4v) is 2.09. The van der Waals surface area contributed by atoms with Gasteiger partial charge in [-0.3, -0.25) is 9.78 Å². The Morgan fingerprint density at radius 3 is 2.73 bits per heavy atom. The first-order valence-corrected chi connectivity index (χ1v) is 6.71. The molecule has 0 bridgehead atoms. The summed E-state index contributed by atoms with van der Waals surface area (Å²) >= 11 is 0. The predicted octanol–water partition coefficient (Wildman–Crippen LogP) is 2.70. The fraction of sp³-hybridized carbons (Fsp3) is 0. The highest BCUT2D eigenvalue weighted by Gasteiger charge is 2.06. The number of rotatable bonds is 3. The first-order valence-electron chi connectivity index (χ1n) is 6.71. The quantitative estimate of drug-likeness (QED) is 0.575. The summed E-state index contributed by atoms with van der Waals surface area (Å²) < 4.78 is 0. The van der Waals surface area contributed by atoms with Crippen molar-refractivity contribution in [2.75, 3.05) is 0 Å². The summed E-state index contributed by atoms with van der Waals surface area (Å²) in [5, 5.41) is 15.8. The summed E-state index contributed by atoms with van der Waals surface area (Å²) in [5.74, 6) is -0.272. The van der Waals surface area contributed by atoms with Gasteiger partial charge in [0.25, 0.3) is 5.91 Å². The van der Waals surface area contributed by atoms with E-state index in [0.717, 1.165) is 10.8 Å². The number of fused-ring (bicyclic) bond motifs is 1. The Balaban J connectivity index is 1.78. The van der Waals surface area contributed by atoms with Crippen molar-refractivity contribution in [2.45, 2.75) is 0 Å². The second-order valence-corrected chi connectivity index (χ2v) is 4.64. The van der Waals surface area contributed by atoms with Crippen LogP contribution in [0.5, 0.6) is 5.75 Å². The van der Waals surface area contributed by atoms with Crippen LogP contribution in [0.25, 0.3) is 10.8 Å². The van der Waals surface area contributed by atoms with Crippen LogP contribution in [0.1, 0.15) is 16.1 Å². The zero-order valence-corrected chi connectivity index (χ0v) is 11.6. The van der Waals surface area contributed by atoms with E-state index in [1.165, 1.54) is 12.4 Å². The Kier molecular flexibility index (Phi) is 3.78. The van der Waals surface area contributed by atoms with Crippen molar-refractivity contribution >= 4 is 22.9 Å². The maximum absolute atomic E-state index is 11.8. The third-order valence-electron chi connectivity index (χ3n) is 3.20. The summed E-state index contributed by atoms with van der Waals surface area (Å²) in [4.78, 5) is 15.7. The number of pyridine rings is 1. The number of amides is 1. The molecule has 1 heterocycles. The molecule has 0 atom stereocenters. The molecule has 5 heteroatoms. The van der Waals surface area contributed by atoms with Gasteiger partial charge < -0.3 is 5.11 Å². The van der Waals surface area contributed by atoms with Crippen LogP contribution in [0.4, 0.5) is 0 Å². The molecule has 1 aromatic heterocycles. The SMILES string of the molecule is O=C(NN=Cc1ccc2ccccc2c1O)c1ccccn1. The largest absolute Gasteiger partial charge is 0.507 e. The molecular weight excluding hydrogens is 278 g/mol. The minimum Gasteiger partial charge on any atom is -0.507 e. The van der Waals surface area contributed by atoms with E-state index in [2.05, 4.69) is 15.5 Å². The first kappa shape index (κ1) is 13.8. The van der Waals surface area contributed by atoms with Gasteiger partial charge in [0.1, 0.15) is 11.4 Å². The van der Waals surface area contributed by atoms with Gasteiger partial charge in [0.2, 0.25) is 0 Å². The Bertz CT molecular complexity index is 845. The number of carbonyl (C=O) groups is 1. The molecule has 0 aliphatic carbocycles. The number of hydrogen-bond acceptors (Lipinski definition) is 4. The number of hydrogen-bond donors (Lipinski definition) is 2. The molecule has 0 saturated heterocycles. The maximum atomic E-state index is 11.8. The molecule has 3 aromatic rings. The predicted molar refractivity (Wildman–Crippen MR) is 84.9 cm³/mol. The lowest BCUT2D eigenvalue weighted by Gasteiger charge is -2.04. The Morgan fingerprint density at radius 1 is 1.09 bits per heavy atom. The van der Waals surface area contributed by atoms with E-state index < -0.39 is 5.91 Å². The molecule has 2 aromatic carbocycles. The van der Waals surface area contributed by atoms with Crippen LogP contribution in [0.3, 0.4) is 0 Å². The van der Waals surface area contributed by atoms with Gasteiger partial charge in [-0.25, -0.2) is 5.43 Å². The van der Waals surface area contributed by atoms with Crippen LogP contribution < -0.4 is 5.43 Å². The third kappa shape index (κ3) is 2.78. The number of nitrogens with one attached hydrogen (secondary N) is 1. The van der Waals surface area contributed by atoms with Gasteiger partial charge in [-0.05, 0) is 23.6 Å². The molecule has 0 unspecified atom stereocenters. The molecule has 0 fully saturated rings. The number of nitrogens with zero attached hydrogens (tertiary/aromatic N) is 2. The number of phenolic OH excluding ortho intramolecular Hbond substituents is 1. The van der Waals surface area contributed by atoms with Gasteiger partial charge in [-0.1, -0.05) is 36.4 Å². The smallest absolute Gasteiger partial charge is 0.289 e. The van der Waals surface area contributed by atoms with Gasteiger partial charge in [-0.2, -0.15) is 5.10 Å². The van der Waals surface area contributed by atoms with Crippen LogP contribution in [-0.4, -0.2) is 22.2 Å². The zero-order valence-electron chi connectivity index (χ0n) is 11.6. The summed E-state index contributed by atoms with van der Waals surface area (Å²) in [6.07, 6.45) is 2.94. The lowest BCUT2D eigenvalue weighted by atomic mass is 10.1. The molecule has 0 saturated carbocycles. The summed E-state index contributed by atoms with van der Waals surface area (Å²) in [6, 6.07) is 16.2. The Labute approximate surface area is 126 Å². The van der Waals surface area contributed by atoms with Gasteiger partial charge in [0.05, 0.1) is 6.21 Å². The summed E-state index contributed by atoms with van der Waals surface area (Å²) in [7, 11) is 0. The van der Waals surface area contributed by atoms with Crippen molar-refractivity contribution in [3.8, 4) is 5.75 Å². The van der Waals surface area contributed by atoms with E-state index >= 15 is 0 Å². The van der Waals surface area contributed by atoms with Crippen LogP contribution in [0, 0.1) is 0 Å². The minimum atomic E-state index is -0.405. The zero-order chi connectivity index (χ0) is 15.4. The van der Waals surface area contributed by atoms with Crippen LogP contribution in [-0.2, 0) is 0 Å². The third-order valence-corrected chi connectivity index (χ3v) is 3.20. The van der Waals surface area contributed by atoms with E-state index in [4.69, 9.17) is 0 Å². The number of hydrazone groups is 1. The van der Waals surface area contributed by atoms with Gasteiger partial charge in [0.15, 0.2) is 0 Å². The molecule has 0 aliphatic rings. The highest BCUT2D eigenvalue weighted by Crippen LogP contribution is 2.27. The Morgan fingerprint density at radius 2 is 1.91 bits per heavy atom. The Hall–Kier alpha value is -3.21. The minimum absolute atomic E-state index is 0.133. The average molecular weight is 291 g/mol. The first-order chi connectivity index (χ1) is 10.8. The number of carbonyl (C=O) groups excluding carboxylic acids is 1. The second kappa shape index (κ2) is 6.05. The number of aromatic hydroxyl groups is 1. The number of aromatic nitrogens is 1. The van der Waals surface area contributed by atoms with Crippen LogP contribution >= 0.6 is 0 Å². The molecule has 0 radical (unpaired) electrons. The lowest BCUT2D eigenvalue weighted by Crippen LogP contribution is -2.18. The standard InChI is InChI=1S/C17H13N3O2/c21-16-13(9-8-12-5-1-2-6-14(12)16)11-19-20-17(22)15-7-3-4-10-18-15/h1-11,21H,(H,20,22). The summed E-state index contributed by atoms with van der Waals surface area (Å²) in [5.41, 5.74) is 3.19. The van der Waals surface area contributed by atoms with Gasteiger partial charge >= 0.3 is 0 Å². The monoisotopic (exact) mass is 291 g/mol. The van der Waals surface area contributed by atoms with E-state index in [1.54, 1.807) is 24.3 Å². The average Bonchev–Trinajstić information content (AvgIpc) is 2.58. The number of benzene rings is 2. The molecule has 2 N–H and O–H groups in total. The highest BCUT2D eigenvalue weighted by atomic mass is 16.3. The van der Waals surface area contributed by atoms with Crippen molar-refractivity contribution in [3.05, 3.63) is 72.1 Å². The van der Waals surface area contributed by atoms with E-state index in [0.29, 0.717) is 5.56 Å². The number of phenols is 1. The van der Waals surface area contributed by atoms with Gasteiger partial charge in [0, 0.05) is 17.1 Å². The van der Waals surface area contributed by atoms with Crippen molar-refractivity contribution in [1.82, 2.24) is 10.4 Å². The molecule has 22 heavy (non-hydrogen) atoms. The molecule has 3 rings (SSSR count). The van der Waals surface area contributed by atoms with Crippen molar-refractivity contribution in [3.63, 3.8) is 0 Å². The molecule has 5 nitrogen and oxygen atoms in total. The molecule has 0 aliphatic heterocycles. The fourth-order valence-electron chi connectivity index (χ4n) is 2.09. The molecule has 108 valence electrons. The topological polar surface area (TPSA) is 74.6 Å². The van der Waals surface area contributed by atoms with Crippen molar-refractivity contribution in [1.29, 1.82) is 0 Å². The van der Waals surface area contributed by atoms with Crippen molar-refractivity contribution < 1.29 is 9.90 Å².